The zero-order chi connectivity index (χ0) is 12.7. The van der Waals surface area contributed by atoms with Gasteiger partial charge in [-0.1, -0.05) is 0 Å². The molecule has 0 aliphatic heterocycles. The van der Waals surface area contributed by atoms with Gasteiger partial charge >= 0.3 is 0 Å². The molecule has 17 heavy (non-hydrogen) atoms. The molecule has 0 atom stereocenters. The molecule has 0 radical (unpaired) electrons. The standard InChI is InChI=1S/C12H21N3O2/c1-5-13-11-9(2)12(15-10(3)14-11)17-8-6-7-16-4/h5-8H2,1-4H3,(H,13,14,15). The van der Waals surface area contributed by atoms with Crippen LogP contribution in [0.1, 0.15) is 24.7 Å². The average Bonchev–Trinajstić information content (AvgIpc) is 2.30. The maximum atomic E-state index is 5.64. The van der Waals surface area contributed by atoms with Crippen LogP contribution in [0.4, 0.5) is 5.82 Å². The molecule has 96 valence electrons. The molecule has 0 bridgehead atoms. The van der Waals surface area contributed by atoms with Gasteiger partial charge in [0.05, 0.1) is 12.2 Å². The molecule has 1 rings (SSSR count). The van der Waals surface area contributed by atoms with Gasteiger partial charge in [-0.05, 0) is 20.8 Å². The molecule has 1 aromatic rings. The van der Waals surface area contributed by atoms with Crippen LogP contribution in [-0.2, 0) is 4.74 Å². The molecule has 0 unspecified atom stereocenters. The maximum Gasteiger partial charge on any atom is 0.221 e. The van der Waals surface area contributed by atoms with Crippen LogP contribution in [0.5, 0.6) is 5.88 Å². The van der Waals surface area contributed by atoms with Gasteiger partial charge in [0.2, 0.25) is 5.88 Å². The number of aromatic nitrogens is 2. The van der Waals surface area contributed by atoms with Crippen molar-refractivity contribution in [3.63, 3.8) is 0 Å². The van der Waals surface area contributed by atoms with Gasteiger partial charge in [-0.25, -0.2) is 4.98 Å². The fourth-order valence-corrected chi connectivity index (χ4v) is 1.45. The second kappa shape index (κ2) is 7.06. The van der Waals surface area contributed by atoms with Crippen LogP contribution in [0.3, 0.4) is 0 Å². The summed E-state index contributed by atoms with van der Waals surface area (Å²) < 4.78 is 10.6. The highest BCUT2D eigenvalue weighted by atomic mass is 16.5. The number of ether oxygens (including phenoxy) is 2. The van der Waals surface area contributed by atoms with Gasteiger partial charge in [0, 0.05) is 26.7 Å². The Balaban J connectivity index is 2.69. The minimum absolute atomic E-state index is 0.608. The molecule has 0 aliphatic carbocycles. The van der Waals surface area contributed by atoms with Crippen molar-refractivity contribution in [2.24, 2.45) is 0 Å². The van der Waals surface area contributed by atoms with Crippen LogP contribution in [0, 0.1) is 13.8 Å². The number of hydrogen-bond donors (Lipinski definition) is 1. The first-order chi connectivity index (χ1) is 8.19. The summed E-state index contributed by atoms with van der Waals surface area (Å²) in [5, 5.41) is 3.20. The van der Waals surface area contributed by atoms with Crippen LogP contribution in [0.15, 0.2) is 0 Å². The number of rotatable bonds is 7. The smallest absolute Gasteiger partial charge is 0.221 e. The van der Waals surface area contributed by atoms with Gasteiger partial charge in [0.15, 0.2) is 0 Å². The molecule has 0 saturated carbocycles. The Bertz CT molecular complexity index is 356. The zero-order valence-electron chi connectivity index (χ0n) is 11.0. The first-order valence-electron chi connectivity index (χ1n) is 5.89. The SMILES string of the molecule is CCNc1nc(C)nc(OCCCOC)c1C. The van der Waals surface area contributed by atoms with Crippen molar-refractivity contribution in [1.29, 1.82) is 0 Å². The summed E-state index contributed by atoms with van der Waals surface area (Å²) in [5.41, 5.74) is 0.954. The van der Waals surface area contributed by atoms with E-state index in [9.17, 15) is 0 Å². The summed E-state index contributed by atoms with van der Waals surface area (Å²) >= 11 is 0. The van der Waals surface area contributed by atoms with Crippen LogP contribution in [0.2, 0.25) is 0 Å². The molecule has 5 heteroatoms. The molecular weight excluding hydrogens is 218 g/mol. The second-order valence-electron chi connectivity index (χ2n) is 3.77. The number of methoxy groups -OCH3 is 1. The Kier molecular flexibility index (Phi) is 5.69. The first kappa shape index (κ1) is 13.7. The summed E-state index contributed by atoms with van der Waals surface area (Å²) in [7, 11) is 1.68. The largest absolute Gasteiger partial charge is 0.477 e. The van der Waals surface area contributed by atoms with E-state index in [2.05, 4.69) is 15.3 Å². The number of nitrogens with one attached hydrogen (secondary N) is 1. The molecule has 0 spiro atoms. The molecule has 1 aromatic heterocycles. The van der Waals surface area contributed by atoms with Crippen molar-refractivity contribution < 1.29 is 9.47 Å². The molecule has 1 N–H and O–H groups in total. The highest BCUT2D eigenvalue weighted by Gasteiger charge is 2.09. The quantitative estimate of drug-likeness (QED) is 0.737. The van der Waals surface area contributed by atoms with Gasteiger partial charge in [0.1, 0.15) is 11.6 Å². The summed E-state index contributed by atoms with van der Waals surface area (Å²) in [4.78, 5) is 8.64. The summed E-state index contributed by atoms with van der Waals surface area (Å²) in [6.07, 6.45) is 0.857. The molecule has 0 amide bonds. The van der Waals surface area contributed by atoms with Crippen molar-refractivity contribution in [3.05, 3.63) is 11.4 Å². The minimum Gasteiger partial charge on any atom is -0.477 e. The van der Waals surface area contributed by atoms with Crippen LogP contribution in [0.25, 0.3) is 0 Å². The normalized spacial score (nSPS) is 10.4. The molecule has 0 aromatic carbocycles. The van der Waals surface area contributed by atoms with Crippen molar-refractivity contribution >= 4 is 5.82 Å². The monoisotopic (exact) mass is 239 g/mol. The van der Waals surface area contributed by atoms with Crippen LogP contribution < -0.4 is 10.1 Å². The Morgan fingerprint density at radius 2 is 1.94 bits per heavy atom. The molecule has 0 aliphatic rings. The third-order valence-corrected chi connectivity index (χ3v) is 2.29. The van der Waals surface area contributed by atoms with Gasteiger partial charge < -0.3 is 14.8 Å². The van der Waals surface area contributed by atoms with E-state index in [1.807, 2.05) is 20.8 Å². The highest BCUT2D eigenvalue weighted by Crippen LogP contribution is 2.21. The summed E-state index contributed by atoms with van der Waals surface area (Å²) in [6.45, 7) is 8.00. The first-order valence-corrected chi connectivity index (χ1v) is 5.89. The van der Waals surface area contributed by atoms with Gasteiger partial charge in [-0.3, -0.25) is 0 Å². The predicted octanol–water partition coefficient (Wildman–Crippen LogP) is 1.94. The fourth-order valence-electron chi connectivity index (χ4n) is 1.45. The lowest BCUT2D eigenvalue weighted by atomic mass is 10.3. The summed E-state index contributed by atoms with van der Waals surface area (Å²) in [6, 6.07) is 0. The Labute approximate surface area is 103 Å². The molecule has 1 heterocycles. The van der Waals surface area contributed by atoms with Crippen molar-refractivity contribution in [1.82, 2.24) is 9.97 Å². The van der Waals surface area contributed by atoms with Crippen molar-refractivity contribution in [3.8, 4) is 5.88 Å². The zero-order valence-corrected chi connectivity index (χ0v) is 11.0. The van der Waals surface area contributed by atoms with Crippen molar-refractivity contribution in [2.45, 2.75) is 27.2 Å². The molecule has 0 saturated heterocycles. The van der Waals surface area contributed by atoms with E-state index in [-0.39, 0.29) is 0 Å². The average molecular weight is 239 g/mol. The van der Waals surface area contributed by atoms with Crippen LogP contribution >= 0.6 is 0 Å². The fraction of sp³-hybridized carbons (Fsp3) is 0.667. The maximum absolute atomic E-state index is 5.64. The topological polar surface area (TPSA) is 56.3 Å². The Hall–Kier alpha value is -1.36. The lowest BCUT2D eigenvalue weighted by Gasteiger charge is -2.12. The minimum atomic E-state index is 0.608. The van der Waals surface area contributed by atoms with Gasteiger partial charge in [0.25, 0.3) is 0 Å². The number of anilines is 1. The van der Waals surface area contributed by atoms with E-state index in [4.69, 9.17) is 9.47 Å². The van der Waals surface area contributed by atoms with Crippen LogP contribution in [-0.4, -0.2) is 36.8 Å². The lowest BCUT2D eigenvalue weighted by Crippen LogP contribution is -2.09. The van der Waals surface area contributed by atoms with E-state index < -0.39 is 0 Å². The van der Waals surface area contributed by atoms with Gasteiger partial charge in [-0.2, -0.15) is 4.98 Å². The number of nitrogens with zero attached hydrogens (tertiary/aromatic N) is 2. The Morgan fingerprint density at radius 1 is 1.18 bits per heavy atom. The third-order valence-electron chi connectivity index (χ3n) is 2.29. The number of hydrogen-bond acceptors (Lipinski definition) is 5. The van der Waals surface area contributed by atoms with E-state index in [1.54, 1.807) is 7.11 Å². The highest BCUT2D eigenvalue weighted by molar-refractivity contribution is 5.48. The van der Waals surface area contributed by atoms with E-state index in [0.29, 0.717) is 24.9 Å². The predicted molar refractivity (Wildman–Crippen MR) is 67.7 cm³/mol. The van der Waals surface area contributed by atoms with E-state index in [1.165, 1.54) is 0 Å². The van der Waals surface area contributed by atoms with Crippen molar-refractivity contribution in [2.75, 3.05) is 32.2 Å². The second-order valence-corrected chi connectivity index (χ2v) is 3.77. The van der Waals surface area contributed by atoms with E-state index in [0.717, 1.165) is 24.3 Å². The molecular formula is C12H21N3O2. The molecule has 0 fully saturated rings. The number of aryl methyl sites for hydroxylation is 1. The lowest BCUT2D eigenvalue weighted by molar-refractivity contribution is 0.170. The van der Waals surface area contributed by atoms with Gasteiger partial charge in [-0.15, -0.1) is 0 Å². The molecule has 5 nitrogen and oxygen atoms in total. The summed E-state index contributed by atoms with van der Waals surface area (Å²) in [5.74, 6) is 2.22. The third kappa shape index (κ3) is 4.19. The van der Waals surface area contributed by atoms with E-state index >= 15 is 0 Å². The Morgan fingerprint density at radius 3 is 2.59 bits per heavy atom.